The summed E-state index contributed by atoms with van der Waals surface area (Å²) < 4.78 is 60.0. The Bertz CT molecular complexity index is 475. The molecule has 0 aliphatic rings. The van der Waals surface area contributed by atoms with Crippen LogP contribution in [0.2, 0.25) is 0 Å². The van der Waals surface area contributed by atoms with Crippen molar-refractivity contribution in [2.24, 2.45) is 0 Å². The van der Waals surface area contributed by atoms with Gasteiger partial charge in [-0.25, -0.2) is 8.42 Å². The van der Waals surface area contributed by atoms with E-state index in [9.17, 15) is 21.6 Å². The SMILES string of the molecule is Cc1sc(C(C(F)(F)F)S(=O)(=O)Cl)cc1Br. The van der Waals surface area contributed by atoms with Gasteiger partial charge in [0.25, 0.3) is 0 Å². The molecule has 0 bridgehead atoms. The molecular formula is C7H5BrClF3O2S2. The molecule has 9 heteroatoms. The largest absolute Gasteiger partial charge is 0.411 e. The minimum atomic E-state index is -4.92. The molecule has 0 spiro atoms. The smallest absolute Gasteiger partial charge is 0.211 e. The first kappa shape index (κ1) is 14.3. The van der Waals surface area contributed by atoms with E-state index >= 15 is 0 Å². The maximum Gasteiger partial charge on any atom is 0.411 e. The standard InChI is InChI=1S/C7H5BrClF3O2S2/c1-3-4(8)2-5(15-3)6(7(10,11)12)16(9,13)14/h2,6H,1H3. The van der Waals surface area contributed by atoms with Crippen LogP contribution in [0, 0.1) is 6.92 Å². The summed E-state index contributed by atoms with van der Waals surface area (Å²) in [7, 11) is 0.0812. The fraction of sp³-hybridized carbons (Fsp3) is 0.429. The normalized spacial score (nSPS) is 15.1. The van der Waals surface area contributed by atoms with Crippen LogP contribution in [0.5, 0.6) is 0 Å². The second-order valence-corrected chi connectivity index (χ2v) is 7.81. The van der Waals surface area contributed by atoms with Crippen LogP contribution in [0.4, 0.5) is 13.2 Å². The summed E-state index contributed by atoms with van der Waals surface area (Å²) in [6.45, 7) is 1.58. The molecule has 2 nitrogen and oxygen atoms in total. The van der Waals surface area contributed by atoms with Gasteiger partial charge in [-0.05, 0) is 28.9 Å². The quantitative estimate of drug-likeness (QED) is 0.750. The zero-order valence-electron chi connectivity index (χ0n) is 7.68. The van der Waals surface area contributed by atoms with Crippen molar-refractivity contribution in [3.05, 3.63) is 20.3 Å². The van der Waals surface area contributed by atoms with E-state index in [0.717, 1.165) is 17.4 Å². The fourth-order valence-corrected chi connectivity index (χ4v) is 4.58. The maximum atomic E-state index is 12.6. The molecular weight excluding hydrogens is 353 g/mol. The predicted octanol–water partition coefficient (Wildman–Crippen LogP) is 3.99. The first-order valence-corrected chi connectivity index (χ1v) is 7.77. The zero-order valence-corrected chi connectivity index (χ0v) is 11.7. The average Bonchev–Trinajstić information content (AvgIpc) is 2.24. The summed E-state index contributed by atoms with van der Waals surface area (Å²) in [4.78, 5) is 0.219. The number of aryl methyl sites for hydroxylation is 1. The van der Waals surface area contributed by atoms with E-state index in [1.807, 2.05) is 0 Å². The van der Waals surface area contributed by atoms with Crippen molar-refractivity contribution in [1.29, 1.82) is 0 Å². The lowest BCUT2D eigenvalue weighted by Crippen LogP contribution is -2.24. The van der Waals surface area contributed by atoms with Gasteiger partial charge in [0.1, 0.15) is 0 Å². The molecule has 1 rings (SSSR count). The van der Waals surface area contributed by atoms with Crippen molar-refractivity contribution < 1.29 is 21.6 Å². The number of rotatable bonds is 2. The molecule has 92 valence electrons. The Hall–Kier alpha value is 0.210. The number of hydrogen-bond donors (Lipinski definition) is 0. The Kier molecular flexibility index (Phi) is 3.99. The van der Waals surface area contributed by atoms with Gasteiger partial charge in [-0.2, -0.15) is 13.2 Å². The third-order valence-electron chi connectivity index (χ3n) is 1.71. The van der Waals surface area contributed by atoms with Crippen molar-refractivity contribution in [1.82, 2.24) is 0 Å². The van der Waals surface area contributed by atoms with Crippen molar-refractivity contribution in [2.75, 3.05) is 0 Å². The van der Waals surface area contributed by atoms with Crippen LogP contribution < -0.4 is 0 Å². The highest BCUT2D eigenvalue weighted by atomic mass is 79.9. The van der Waals surface area contributed by atoms with Crippen LogP contribution in [0.15, 0.2) is 10.5 Å². The van der Waals surface area contributed by atoms with Gasteiger partial charge in [0.2, 0.25) is 14.3 Å². The van der Waals surface area contributed by atoms with Gasteiger partial charge in [-0.1, -0.05) is 0 Å². The van der Waals surface area contributed by atoms with Gasteiger partial charge >= 0.3 is 6.18 Å². The van der Waals surface area contributed by atoms with Gasteiger partial charge in [0.15, 0.2) is 0 Å². The van der Waals surface area contributed by atoms with Crippen LogP contribution in [0.25, 0.3) is 0 Å². The summed E-state index contributed by atoms with van der Waals surface area (Å²) in [5.41, 5.74) is 0. The van der Waals surface area contributed by atoms with E-state index in [1.54, 1.807) is 6.92 Å². The van der Waals surface area contributed by atoms with Crippen LogP contribution in [-0.2, 0) is 9.05 Å². The second-order valence-electron chi connectivity index (χ2n) is 2.95. The Morgan fingerprint density at radius 2 is 2.00 bits per heavy atom. The molecule has 1 heterocycles. The summed E-state index contributed by atoms with van der Waals surface area (Å²) in [6.07, 6.45) is -4.92. The van der Waals surface area contributed by atoms with E-state index in [2.05, 4.69) is 15.9 Å². The minimum Gasteiger partial charge on any atom is -0.211 e. The number of alkyl halides is 3. The molecule has 0 N–H and O–H groups in total. The average molecular weight is 358 g/mol. The van der Waals surface area contributed by atoms with Gasteiger partial charge in [0, 0.05) is 24.9 Å². The summed E-state index contributed by atoms with van der Waals surface area (Å²) in [5.74, 6) is 0. The second kappa shape index (κ2) is 4.47. The minimum absolute atomic E-state index is 0.341. The zero-order chi connectivity index (χ0) is 12.7. The van der Waals surface area contributed by atoms with E-state index in [-0.39, 0.29) is 4.88 Å². The molecule has 1 atom stereocenters. The lowest BCUT2D eigenvalue weighted by molar-refractivity contribution is -0.130. The highest BCUT2D eigenvalue weighted by Gasteiger charge is 2.50. The molecule has 16 heavy (non-hydrogen) atoms. The third kappa shape index (κ3) is 3.12. The molecule has 1 unspecified atom stereocenters. The predicted molar refractivity (Wildman–Crippen MR) is 60.3 cm³/mol. The van der Waals surface area contributed by atoms with Crippen molar-refractivity contribution in [2.45, 2.75) is 18.3 Å². The van der Waals surface area contributed by atoms with Gasteiger partial charge in [-0.15, -0.1) is 11.3 Å². The maximum absolute atomic E-state index is 12.6. The van der Waals surface area contributed by atoms with E-state index in [1.165, 1.54) is 0 Å². The van der Waals surface area contributed by atoms with E-state index in [0.29, 0.717) is 9.35 Å². The molecule has 0 aliphatic heterocycles. The van der Waals surface area contributed by atoms with Crippen molar-refractivity contribution in [3.63, 3.8) is 0 Å². The topological polar surface area (TPSA) is 34.1 Å². The molecule has 0 saturated carbocycles. The third-order valence-corrected chi connectivity index (χ3v) is 5.68. The van der Waals surface area contributed by atoms with Gasteiger partial charge in [0.05, 0.1) is 0 Å². The Morgan fingerprint density at radius 3 is 2.25 bits per heavy atom. The Morgan fingerprint density at radius 1 is 1.50 bits per heavy atom. The molecule has 0 saturated heterocycles. The van der Waals surface area contributed by atoms with Gasteiger partial charge in [-0.3, -0.25) is 0 Å². The molecule has 0 amide bonds. The molecule has 0 fully saturated rings. The molecule has 0 radical (unpaired) electrons. The Labute approximate surface area is 107 Å². The van der Waals surface area contributed by atoms with Crippen LogP contribution in [-0.4, -0.2) is 14.6 Å². The molecule has 0 aromatic carbocycles. The van der Waals surface area contributed by atoms with Crippen molar-refractivity contribution in [3.8, 4) is 0 Å². The van der Waals surface area contributed by atoms with Crippen molar-refractivity contribution >= 4 is 47.0 Å². The van der Waals surface area contributed by atoms with E-state index in [4.69, 9.17) is 10.7 Å². The highest BCUT2D eigenvalue weighted by Crippen LogP contribution is 2.45. The fourth-order valence-electron chi connectivity index (χ4n) is 1.07. The summed E-state index contributed by atoms with van der Waals surface area (Å²) >= 11 is 3.77. The molecule has 0 aliphatic carbocycles. The van der Waals surface area contributed by atoms with Gasteiger partial charge < -0.3 is 0 Å². The van der Waals surface area contributed by atoms with Crippen LogP contribution in [0.1, 0.15) is 15.0 Å². The molecule has 1 aromatic heterocycles. The first-order valence-electron chi connectivity index (χ1n) is 3.79. The van der Waals surface area contributed by atoms with Crippen LogP contribution in [0.3, 0.4) is 0 Å². The number of halogens is 5. The molecule has 1 aromatic rings. The highest BCUT2D eigenvalue weighted by molar-refractivity contribution is 9.10. The lowest BCUT2D eigenvalue weighted by atomic mass is 10.3. The van der Waals surface area contributed by atoms with E-state index < -0.39 is 20.5 Å². The Balaban J connectivity index is 3.34. The monoisotopic (exact) mass is 356 g/mol. The number of hydrogen-bond acceptors (Lipinski definition) is 3. The van der Waals surface area contributed by atoms with Crippen LogP contribution >= 0.6 is 37.9 Å². The summed E-state index contributed by atoms with van der Waals surface area (Å²) in [6, 6.07) is 1.12. The summed E-state index contributed by atoms with van der Waals surface area (Å²) in [5, 5.41) is -2.67. The number of thiophene rings is 1. The lowest BCUT2D eigenvalue weighted by Gasteiger charge is -2.15. The first-order chi connectivity index (χ1) is 7.03.